The lowest BCUT2D eigenvalue weighted by Gasteiger charge is -2.22. The molecule has 24 heavy (non-hydrogen) atoms. The summed E-state index contributed by atoms with van der Waals surface area (Å²) in [5.41, 5.74) is 0. The first-order valence-electron chi connectivity index (χ1n) is 8.60. The summed E-state index contributed by atoms with van der Waals surface area (Å²) >= 11 is 1.84. The van der Waals surface area contributed by atoms with Gasteiger partial charge in [0.2, 0.25) is 10.0 Å². The summed E-state index contributed by atoms with van der Waals surface area (Å²) in [6.45, 7) is 2.26. The summed E-state index contributed by atoms with van der Waals surface area (Å²) in [5, 5.41) is 6.23. The lowest BCUT2D eigenvalue weighted by atomic mass is 10.1. The van der Waals surface area contributed by atoms with Gasteiger partial charge in [-0.2, -0.15) is 11.8 Å². The second kappa shape index (κ2) is 12.8. The fourth-order valence-electron chi connectivity index (χ4n) is 2.36. The smallest absolute Gasteiger partial charge is 0.213 e. The second-order valence-corrected chi connectivity index (χ2v) is 8.69. The van der Waals surface area contributed by atoms with E-state index < -0.39 is 10.0 Å². The summed E-state index contributed by atoms with van der Waals surface area (Å²) in [6, 6.07) is 0. The summed E-state index contributed by atoms with van der Waals surface area (Å²) in [6.07, 6.45) is 7.44. The quantitative estimate of drug-likeness (QED) is 0.279. The highest BCUT2D eigenvalue weighted by Crippen LogP contribution is 2.11. The van der Waals surface area contributed by atoms with Gasteiger partial charge in [-0.3, -0.25) is 4.99 Å². The van der Waals surface area contributed by atoms with Crippen molar-refractivity contribution in [1.29, 1.82) is 0 Å². The Morgan fingerprint density at radius 3 is 2.71 bits per heavy atom. The molecular formula is C15H32N4O3S2. The Labute approximate surface area is 150 Å². The molecule has 0 radical (unpaired) electrons. The van der Waals surface area contributed by atoms with Crippen molar-refractivity contribution in [3.8, 4) is 0 Å². The van der Waals surface area contributed by atoms with Crippen LogP contribution in [-0.4, -0.2) is 71.5 Å². The van der Waals surface area contributed by atoms with Gasteiger partial charge in [-0.15, -0.1) is 0 Å². The molecule has 0 aromatic heterocycles. The Hall–Kier alpha value is -0.510. The van der Waals surface area contributed by atoms with Gasteiger partial charge < -0.3 is 15.4 Å². The van der Waals surface area contributed by atoms with Crippen LogP contribution in [0.2, 0.25) is 0 Å². The van der Waals surface area contributed by atoms with Crippen LogP contribution in [0.3, 0.4) is 0 Å². The molecular weight excluding hydrogens is 348 g/mol. The first-order valence-corrected chi connectivity index (χ1v) is 11.6. The molecule has 1 fully saturated rings. The highest BCUT2D eigenvalue weighted by atomic mass is 32.2. The molecule has 9 heteroatoms. The number of unbranched alkanes of at least 4 members (excludes halogenated alkanes) is 1. The molecule has 0 aromatic carbocycles. The SMILES string of the molecule is CN=C(NCCCCSC)NCCS(=O)(=O)NCC1CCCCO1. The van der Waals surface area contributed by atoms with E-state index in [1.165, 1.54) is 0 Å². The molecule has 1 unspecified atom stereocenters. The standard InChI is InChI=1S/C15H32N4O3S2/c1-16-15(17-8-4-6-11-23-2)18-9-12-24(20,21)19-13-14-7-3-5-10-22-14/h14,19H,3-13H2,1-2H3,(H2,16,17,18). The van der Waals surface area contributed by atoms with Crippen LogP contribution in [0.5, 0.6) is 0 Å². The predicted octanol–water partition coefficient (Wildman–Crippen LogP) is 0.783. The van der Waals surface area contributed by atoms with Crippen molar-refractivity contribution in [1.82, 2.24) is 15.4 Å². The summed E-state index contributed by atoms with van der Waals surface area (Å²) < 4.78 is 32.2. The van der Waals surface area contributed by atoms with Gasteiger partial charge in [0.05, 0.1) is 11.9 Å². The van der Waals surface area contributed by atoms with Crippen molar-refractivity contribution in [3.05, 3.63) is 0 Å². The van der Waals surface area contributed by atoms with Gasteiger partial charge in [-0.1, -0.05) is 0 Å². The number of aliphatic imine (C=N–C) groups is 1. The number of thioether (sulfide) groups is 1. The van der Waals surface area contributed by atoms with Crippen LogP contribution in [0, 0.1) is 0 Å². The van der Waals surface area contributed by atoms with Gasteiger partial charge in [-0.25, -0.2) is 13.1 Å². The monoisotopic (exact) mass is 380 g/mol. The number of nitrogens with one attached hydrogen (secondary N) is 3. The minimum atomic E-state index is -3.30. The number of hydrogen-bond acceptors (Lipinski definition) is 5. The van der Waals surface area contributed by atoms with Crippen molar-refractivity contribution in [2.75, 3.05) is 51.1 Å². The molecule has 1 atom stereocenters. The maximum absolute atomic E-state index is 12.0. The van der Waals surface area contributed by atoms with Crippen LogP contribution >= 0.6 is 11.8 Å². The fraction of sp³-hybridized carbons (Fsp3) is 0.933. The van der Waals surface area contributed by atoms with E-state index in [1.807, 2.05) is 11.8 Å². The third kappa shape index (κ3) is 10.4. The Balaban J connectivity index is 2.15. The number of hydrogen-bond donors (Lipinski definition) is 3. The molecule has 1 aliphatic heterocycles. The molecule has 1 rings (SSSR count). The van der Waals surface area contributed by atoms with Crippen LogP contribution in [0.4, 0.5) is 0 Å². The molecule has 0 saturated carbocycles. The number of sulfonamides is 1. The van der Waals surface area contributed by atoms with E-state index in [1.54, 1.807) is 7.05 Å². The van der Waals surface area contributed by atoms with Gasteiger partial charge >= 0.3 is 0 Å². The molecule has 1 saturated heterocycles. The van der Waals surface area contributed by atoms with E-state index in [9.17, 15) is 8.42 Å². The summed E-state index contributed by atoms with van der Waals surface area (Å²) in [5.74, 6) is 1.82. The van der Waals surface area contributed by atoms with Crippen LogP contribution in [0.15, 0.2) is 4.99 Å². The number of ether oxygens (including phenoxy) is 1. The molecule has 142 valence electrons. The number of rotatable bonds is 11. The number of guanidine groups is 1. The molecule has 1 heterocycles. The van der Waals surface area contributed by atoms with Crippen molar-refractivity contribution < 1.29 is 13.2 Å². The average Bonchev–Trinajstić information content (AvgIpc) is 2.59. The van der Waals surface area contributed by atoms with E-state index in [-0.39, 0.29) is 11.9 Å². The second-order valence-electron chi connectivity index (χ2n) is 5.78. The topological polar surface area (TPSA) is 91.8 Å². The lowest BCUT2D eigenvalue weighted by molar-refractivity contribution is 0.0200. The maximum Gasteiger partial charge on any atom is 0.213 e. The normalized spacial score (nSPS) is 19.2. The van der Waals surface area contributed by atoms with E-state index in [0.29, 0.717) is 19.0 Å². The molecule has 0 aromatic rings. The third-order valence-electron chi connectivity index (χ3n) is 3.76. The van der Waals surface area contributed by atoms with Crippen molar-refractivity contribution >= 4 is 27.7 Å². The zero-order valence-corrected chi connectivity index (χ0v) is 16.5. The molecule has 7 nitrogen and oxygen atoms in total. The predicted molar refractivity (Wildman–Crippen MR) is 102 cm³/mol. The largest absolute Gasteiger partial charge is 0.377 e. The zero-order valence-electron chi connectivity index (χ0n) is 14.8. The minimum Gasteiger partial charge on any atom is -0.377 e. The van der Waals surface area contributed by atoms with Crippen molar-refractivity contribution in [2.45, 2.75) is 38.2 Å². The molecule has 0 bridgehead atoms. The third-order valence-corrected chi connectivity index (χ3v) is 5.80. The van der Waals surface area contributed by atoms with Gasteiger partial charge in [0.15, 0.2) is 5.96 Å². The van der Waals surface area contributed by atoms with Gasteiger partial charge in [-0.05, 0) is 44.1 Å². The molecule has 3 N–H and O–H groups in total. The van der Waals surface area contributed by atoms with Crippen molar-refractivity contribution in [2.24, 2.45) is 4.99 Å². The molecule has 0 aliphatic carbocycles. The zero-order chi connectivity index (χ0) is 17.7. The van der Waals surface area contributed by atoms with Crippen LogP contribution < -0.4 is 15.4 Å². The number of nitrogens with zero attached hydrogens (tertiary/aromatic N) is 1. The molecule has 1 aliphatic rings. The van der Waals surface area contributed by atoms with Crippen LogP contribution in [0.1, 0.15) is 32.1 Å². The van der Waals surface area contributed by atoms with E-state index in [2.05, 4.69) is 26.6 Å². The van der Waals surface area contributed by atoms with E-state index in [0.717, 1.165) is 51.0 Å². The van der Waals surface area contributed by atoms with E-state index in [4.69, 9.17) is 4.74 Å². The Bertz CT molecular complexity index is 452. The fourth-order valence-corrected chi connectivity index (χ4v) is 3.81. The maximum atomic E-state index is 12.0. The molecule has 0 spiro atoms. The first kappa shape index (κ1) is 21.5. The molecule has 0 amide bonds. The minimum absolute atomic E-state index is 0.0113. The highest BCUT2D eigenvalue weighted by Gasteiger charge is 2.17. The van der Waals surface area contributed by atoms with E-state index >= 15 is 0 Å². The Morgan fingerprint density at radius 2 is 2.04 bits per heavy atom. The summed E-state index contributed by atoms with van der Waals surface area (Å²) in [4.78, 5) is 4.10. The van der Waals surface area contributed by atoms with Gasteiger partial charge in [0, 0.05) is 33.3 Å². The lowest BCUT2D eigenvalue weighted by Crippen LogP contribution is -2.42. The van der Waals surface area contributed by atoms with Crippen LogP contribution in [0.25, 0.3) is 0 Å². The highest BCUT2D eigenvalue weighted by molar-refractivity contribution is 7.98. The van der Waals surface area contributed by atoms with Gasteiger partial charge in [0.25, 0.3) is 0 Å². The Kier molecular flexibility index (Phi) is 11.5. The van der Waals surface area contributed by atoms with Crippen LogP contribution in [-0.2, 0) is 14.8 Å². The first-order chi connectivity index (χ1) is 11.6. The van der Waals surface area contributed by atoms with Crippen molar-refractivity contribution in [3.63, 3.8) is 0 Å². The Morgan fingerprint density at radius 1 is 1.25 bits per heavy atom. The average molecular weight is 381 g/mol. The van der Waals surface area contributed by atoms with Gasteiger partial charge in [0.1, 0.15) is 0 Å². The summed E-state index contributed by atoms with van der Waals surface area (Å²) in [7, 11) is -1.61.